The van der Waals surface area contributed by atoms with Crippen LogP contribution in [0.3, 0.4) is 0 Å². The minimum absolute atomic E-state index is 0.431. The summed E-state index contributed by atoms with van der Waals surface area (Å²) in [5.74, 6) is 0. The molecule has 1 aromatic rings. The van der Waals surface area contributed by atoms with Crippen molar-refractivity contribution in [2.45, 2.75) is 65.7 Å². The SMILES string of the molecule is CCc1c(CC)c(CC)c(CP(=O)(O)O)c(CP(=O)(O)O)c1CC. The van der Waals surface area contributed by atoms with Crippen LogP contribution in [0.2, 0.25) is 0 Å². The third kappa shape index (κ3) is 5.26. The average molecular weight is 378 g/mol. The fraction of sp³-hybridized carbons (Fsp3) is 0.625. The third-order valence-corrected chi connectivity index (χ3v) is 5.78. The van der Waals surface area contributed by atoms with Crippen LogP contribution in [-0.2, 0) is 47.1 Å². The lowest BCUT2D eigenvalue weighted by molar-refractivity contribution is 0.367. The summed E-state index contributed by atoms with van der Waals surface area (Å²) in [7, 11) is -8.71. The molecule has 0 bridgehead atoms. The Morgan fingerprint density at radius 3 is 0.917 bits per heavy atom. The van der Waals surface area contributed by atoms with Crippen LogP contribution >= 0.6 is 15.2 Å². The summed E-state index contributed by atoms with van der Waals surface area (Å²) in [6, 6.07) is 0. The van der Waals surface area contributed by atoms with Gasteiger partial charge in [-0.05, 0) is 59.1 Å². The van der Waals surface area contributed by atoms with Crippen molar-refractivity contribution in [3.8, 4) is 0 Å². The van der Waals surface area contributed by atoms with Gasteiger partial charge in [0.1, 0.15) is 0 Å². The van der Waals surface area contributed by atoms with E-state index < -0.39 is 27.5 Å². The van der Waals surface area contributed by atoms with Crippen LogP contribution in [0, 0.1) is 0 Å². The molecule has 1 rings (SSSR count). The zero-order valence-electron chi connectivity index (χ0n) is 14.7. The fourth-order valence-corrected chi connectivity index (χ4v) is 5.18. The second-order valence-electron chi connectivity index (χ2n) is 5.93. The van der Waals surface area contributed by atoms with Crippen molar-refractivity contribution in [3.63, 3.8) is 0 Å². The molecule has 0 fully saturated rings. The lowest BCUT2D eigenvalue weighted by Crippen LogP contribution is -2.13. The van der Waals surface area contributed by atoms with Crippen LogP contribution in [-0.4, -0.2) is 19.6 Å². The first-order valence-electron chi connectivity index (χ1n) is 8.25. The van der Waals surface area contributed by atoms with Crippen molar-refractivity contribution in [3.05, 3.63) is 33.4 Å². The van der Waals surface area contributed by atoms with E-state index in [-0.39, 0.29) is 0 Å². The molecule has 0 aliphatic carbocycles. The first kappa shape index (κ1) is 21.6. The van der Waals surface area contributed by atoms with Gasteiger partial charge >= 0.3 is 15.2 Å². The topological polar surface area (TPSA) is 115 Å². The molecule has 138 valence electrons. The predicted molar refractivity (Wildman–Crippen MR) is 95.5 cm³/mol. The van der Waals surface area contributed by atoms with Gasteiger partial charge in [0.2, 0.25) is 0 Å². The first-order chi connectivity index (χ1) is 11.0. The molecule has 0 amide bonds. The van der Waals surface area contributed by atoms with E-state index in [4.69, 9.17) is 0 Å². The standard InChI is InChI=1S/C16H28O6P2/c1-5-11-12(6-2)14(8-4)16(10-24(20,21)22)15(13(11)7-3)9-23(17,18)19/h5-10H2,1-4H3,(H2,17,18,19)(H2,20,21,22). The van der Waals surface area contributed by atoms with Crippen molar-refractivity contribution in [2.75, 3.05) is 0 Å². The highest BCUT2D eigenvalue weighted by atomic mass is 31.2. The Hall–Kier alpha value is -0.480. The highest BCUT2D eigenvalue weighted by Crippen LogP contribution is 2.48. The summed E-state index contributed by atoms with van der Waals surface area (Å²) >= 11 is 0. The Kier molecular flexibility index (Phi) is 7.43. The predicted octanol–water partition coefficient (Wildman–Crippen LogP) is 3.29. The molecule has 0 spiro atoms. The Balaban J connectivity index is 3.90. The maximum Gasteiger partial charge on any atom is 0.329 e. The normalized spacial score (nSPS) is 12.7. The van der Waals surface area contributed by atoms with Crippen LogP contribution in [0.5, 0.6) is 0 Å². The summed E-state index contributed by atoms with van der Waals surface area (Å²) in [5, 5.41) is 0. The van der Waals surface area contributed by atoms with Gasteiger partial charge in [-0.1, -0.05) is 27.7 Å². The molecule has 0 saturated heterocycles. The molecule has 24 heavy (non-hydrogen) atoms. The van der Waals surface area contributed by atoms with E-state index in [1.54, 1.807) is 0 Å². The molecule has 8 heteroatoms. The molecule has 4 N–H and O–H groups in total. The van der Waals surface area contributed by atoms with Gasteiger partial charge in [-0.2, -0.15) is 0 Å². The Morgan fingerprint density at radius 1 is 0.542 bits per heavy atom. The zero-order valence-corrected chi connectivity index (χ0v) is 16.5. The summed E-state index contributed by atoms with van der Waals surface area (Å²) in [4.78, 5) is 37.9. The minimum atomic E-state index is -4.36. The zero-order chi connectivity index (χ0) is 18.7. The monoisotopic (exact) mass is 378 g/mol. The van der Waals surface area contributed by atoms with Gasteiger partial charge in [-0.3, -0.25) is 9.13 Å². The summed E-state index contributed by atoms with van der Waals surface area (Å²) < 4.78 is 23.3. The lowest BCUT2D eigenvalue weighted by atomic mass is 9.83. The number of benzene rings is 1. The maximum atomic E-state index is 11.6. The average Bonchev–Trinajstić information content (AvgIpc) is 2.44. The summed E-state index contributed by atoms with van der Waals surface area (Å²) in [6.07, 6.45) is 1.64. The van der Waals surface area contributed by atoms with Gasteiger partial charge in [0.25, 0.3) is 0 Å². The van der Waals surface area contributed by atoms with Gasteiger partial charge in [-0.15, -0.1) is 0 Å². The van der Waals surface area contributed by atoms with Crippen molar-refractivity contribution >= 4 is 15.2 Å². The van der Waals surface area contributed by atoms with E-state index >= 15 is 0 Å². The fourth-order valence-electron chi connectivity index (χ4n) is 3.59. The second kappa shape index (κ2) is 8.27. The quantitative estimate of drug-likeness (QED) is 0.516. The number of hydrogen-bond donors (Lipinski definition) is 4. The van der Waals surface area contributed by atoms with E-state index in [1.165, 1.54) is 0 Å². The molecule has 0 aromatic heterocycles. The molecular formula is C16H28O6P2. The molecular weight excluding hydrogens is 350 g/mol. The Labute approximate surface area is 143 Å². The number of hydrogen-bond acceptors (Lipinski definition) is 2. The van der Waals surface area contributed by atoms with Crippen LogP contribution in [0.15, 0.2) is 0 Å². The van der Waals surface area contributed by atoms with Crippen molar-refractivity contribution in [1.29, 1.82) is 0 Å². The third-order valence-electron chi connectivity index (χ3n) is 4.33. The molecule has 1 aromatic carbocycles. The van der Waals surface area contributed by atoms with Crippen LogP contribution < -0.4 is 0 Å². The van der Waals surface area contributed by atoms with Crippen LogP contribution in [0.1, 0.15) is 61.1 Å². The Bertz CT molecular complexity index is 628. The molecule has 0 atom stereocenters. The van der Waals surface area contributed by atoms with E-state index in [0.717, 1.165) is 35.1 Å². The number of rotatable bonds is 8. The van der Waals surface area contributed by atoms with Crippen molar-refractivity contribution in [1.82, 2.24) is 0 Å². The maximum absolute atomic E-state index is 11.6. The summed E-state index contributed by atoms with van der Waals surface area (Å²) in [5.41, 5.74) is 4.65. The molecule has 6 nitrogen and oxygen atoms in total. The van der Waals surface area contributed by atoms with E-state index in [0.29, 0.717) is 24.0 Å². The molecule has 0 aliphatic heterocycles. The highest BCUT2D eigenvalue weighted by molar-refractivity contribution is 7.51. The lowest BCUT2D eigenvalue weighted by Gasteiger charge is -2.26. The second-order valence-corrected chi connectivity index (χ2v) is 9.22. The van der Waals surface area contributed by atoms with Gasteiger partial charge in [0.05, 0.1) is 12.3 Å². The molecule has 0 heterocycles. The van der Waals surface area contributed by atoms with E-state index in [9.17, 15) is 28.7 Å². The van der Waals surface area contributed by atoms with Gasteiger partial charge in [0.15, 0.2) is 0 Å². The first-order valence-corrected chi connectivity index (χ1v) is 11.8. The van der Waals surface area contributed by atoms with Gasteiger partial charge < -0.3 is 19.6 Å². The highest BCUT2D eigenvalue weighted by Gasteiger charge is 2.28. The van der Waals surface area contributed by atoms with E-state index in [1.807, 2.05) is 27.7 Å². The van der Waals surface area contributed by atoms with Gasteiger partial charge in [-0.25, -0.2) is 0 Å². The van der Waals surface area contributed by atoms with Crippen LogP contribution in [0.4, 0.5) is 0 Å². The molecule has 0 saturated carbocycles. The minimum Gasteiger partial charge on any atom is -0.324 e. The van der Waals surface area contributed by atoms with Crippen molar-refractivity contribution in [2.24, 2.45) is 0 Å². The molecule has 0 aliphatic rings. The Morgan fingerprint density at radius 2 is 0.750 bits per heavy atom. The smallest absolute Gasteiger partial charge is 0.324 e. The molecule has 0 unspecified atom stereocenters. The largest absolute Gasteiger partial charge is 0.329 e. The van der Waals surface area contributed by atoms with Gasteiger partial charge in [0, 0.05) is 0 Å². The van der Waals surface area contributed by atoms with E-state index in [2.05, 4.69) is 0 Å². The van der Waals surface area contributed by atoms with Crippen LogP contribution in [0.25, 0.3) is 0 Å². The molecule has 0 radical (unpaired) electrons. The van der Waals surface area contributed by atoms with Crippen molar-refractivity contribution < 1.29 is 28.7 Å². The summed E-state index contributed by atoms with van der Waals surface area (Å²) in [6.45, 7) is 7.81.